The number of methoxy groups -OCH3 is 1. The Morgan fingerprint density at radius 1 is 1.10 bits per heavy atom. The number of ether oxygens (including phenoxy) is 2. The fourth-order valence-corrected chi connectivity index (χ4v) is 3.91. The zero-order valence-corrected chi connectivity index (χ0v) is 17.2. The molecular formula is C24H24N2O4. The molecule has 0 amide bonds. The Hall–Kier alpha value is -3.25. The predicted octanol–water partition coefficient (Wildman–Crippen LogP) is 3.66. The standard InChI is InChI=1S/C24H24N2O4/c1-3-26-13-12-20-18(14-26)23(16-8-4-6-10-19(16)25-20)24(28)30-15-21(27)17-9-5-7-11-22(17)29-2/h4-11H,3,12-15H2,1-2H3. The van der Waals surface area contributed by atoms with E-state index in [1.54, 1.807) is 24.3 Å². The number of ketones is 1. The molecule has 0 saturated heterocycles. The third-order valence-electron chi connectivity index (χ3n) is 5.52. The highest BCUT2D eigenvalue weighted by Gasteiger charge is 2.26. The number of carbonyl (C=O) groups excluding carboxylic acids is 2. The van der Waals surface area contributed by atoms with Crippen molar-refractivity contribution in [2.24, 2.45) is 0 Å². The molecule has 154 valence electrons. The molecule has 6 heteroatoms. The van der Waals surface area contributed by atoms with Gasteiger partial charge < -0.3 is 9.47 Å². The fraction of sp³-hybridized carbons (Fsp3) is 0.292. The molecule has 3 aromatic rings. The number of likely N-dealkylation sites (N-methyl/N-ethyl adjacent to an activating group) is 1. The lowest BCUT2D eigenvalue weighted by molar-refractivity contribution is 0.0473. The van der Waals surface area contributed by atoms with E-state index in [0.717, 1.165) is 41.7 Å². The van der Waals surface area contributed by atoms with Crippen molar-refractivity contribution in [1.82, 2.24) is 9.88 Å². The molecule has 0 N–H and O–H groups in total. The molecule has 1 aromatic heterocycles. The second kappa shape index (κ2) is 8.63. The molecular weight excluding hydrogens is 380 g/mol. The first-order chi connectivity index (χ1) is 14.6. The Morgan fingerprint density at radius 3 is 2.67 bits per heavy atom. The third kappa shape index (κ3) is 3.78. The van der Waals surface area contributed by atoms with Crippen LogP contribution in [0.25, 0.3) is 10.9 Å². The van der Waals surface area contributed by atoms with Gasteiger partial charge in [0.05, 0.1) is 23.8 Å². The normalized spacial score (nSPS) is 13.7. The predicted molar refractivity (Wildman–Crippen MR) is 114 cm³/mol. The van der Waals surface area contributed by atoms with E-state index < -0.39 is 5.97 Å². The second-order valence-electron chi connectivity index (χ2n) is 7.25. The molecule has 0 fully saturated rings. The first-order valence-corrected chi connectivity index (χ1v) is 10.1. The summed E-state index contributed by atoms with van der Waals surface area (Å²) >= 11 is 0. The zero-order valence-electron chi connectivity index (χ0n) is 17.2. The summed E-state index contributed by atoms with van der Waals surface area (Å²) in [5.41, 5.74) is 3.51. The Kier molecular flexibility index (Phi) is 5.77. The number of nitrogens with zero attached hydrogens (tertiary/aromatic N) is 2. The van der Waals surface area contributed by atoms with E-state index in [4.69, 9.17) is 14.5 Å². The number of hydrogen-bond donors (Lipinski definition) is 0. The van der Waals surface area contributed by atoms with Crippen LogP contribution < -0.4 is 4.74 Å². The molecule has 1 aliphatic heterocycles. The molecule has 4 rings (SSSR count). The van der Waals surface area contributed by atoms with E-state index in [2.05, 4.69) is 11.8 Å². The summed E-state index contributed by atoms with van der Waals surface area (Å²) in [7, 11) is 1.51. The molecule has 0 aliphatic carbocycles. The van der Waals surface area contributed by atoms with E-state index in [-0.39, 0.29) is 12.4 Å². The number of aromatic nitrogens is 1. The maximum Gasteiger partial charge on any atom is 0.339 e. The number of Topliss-reactive ketones (excluding diaryl/α,β-unsaturated/α-hetero) is 1. The molecule has 2 aromatic carbocycles. The van der Waals surface area contributed by atoms with Crippen LogP contribution in [0.4, 0.5) is 0 Å². The lowest BCUT2D eigenvalue weighted by Crippen LogP contribution is -2.32. The first-order valence-electron chi connectivity index (χ1n) is 10.1. The number of esters is 1. The van der Waals surface area contributed by atoms with Crippen LogP contribution in [0.1, 0.15) is 38.9 Å². The number of rotatable bonds is 6. The lowest BCUT2D eigenvalue weighted by atomic mass is 9.96. The van der Waals surface area contributed by atoms with Crippen LogP contribution in [-0.2, 0) is 17.7 Å². The minimum atomic E-state index is -0.494. The Morgan fingerprint density at radius 2 is 1.87 bits per heavy atom. The van der Waals surface area contributed by atoms with Crippen molar-refractivity contribution in [1.29, 1.82) is 0 Å². The second-order valence-corrected chi connectivity index (χ2v) is 7.25. The van der Waals surface area contributed by atoms with E-state index in [0.29, 0.717) is 23.4 Å². The summed E-state index contributed by atoms with van der Waals surface area (Å²) in [6.45, 7) is 4.21. The van der Waals surface area contributed by atoms with Gasteiger partial charge in [0.25, 0.3) is 0 Å². The topological polar surface area (TPSA) is 68.7 Å². The molecule has 0 atom stereocenters. The Bertz CT molecular complexity index is 1110. The van der Waals surface area contributed by atoms with Crippen LogP contribution in [-0.4, -0.2) is 48.4 Å². The van der Waals surface area contributed by atoms with Crippen molar-refractivity contribution in [3.05, 3.63) is 70.9 Å². The van der Waals surface area contributed by atoms with Gasteiger partial charge in [0.1, 0.15) is 5.75 Å². The molecule has 0 unspecified atom stereocenters. The van der Waals surface area contributed by atoms with Gasteiger partial charge in [0.15, 0.2) is 6.61 Å². The number of fused-ring (bicyclic) bond motifs is 2. The number of pyridine rings is 1. The number of carbonyl (C=O) groups is 2. The van der Waals surface area contributed by atoms with Gasteiger partial charge in [-0.2, -0.15) is 0 Å². The summed E-state index contributed by atoms with van der Waals surface area (Å²) in [6, 6.07) is 14.5. The van der Waals surface area contributed by atoms with Gasteiger partial charge in [0, 0.05) is 36.2 Å². The van der Waals surface area contributed by atoms with Crippen LogP contribution in [0, 0.1) is 0 Å². The highest BCUT2D eigenvalue weighted by molar-refractivity contribution is 6.07. The van der Waals surface area contributed by atoms with E-state index in [1.807, 2.05) is 24.3 Å². The largest absolute Gasteiger partial charge is 0.496 e. The van der Waals surface area contributed by atoms with Crippen molar-refractivity contribution in [2.45, 2.75) is 19.9 Å². The van der Waals surface area contributed by atoms with E-state index in [9.17, 15) is 9.59 Å². The van der Waals surface area contributed by atoms with Gasteiger partial charge in [0.2, 0.25) is 5.78 Å². The van der Waals surface area contributed by atoms with Gasteiger partial charge in [-0.05, 0) is 24.7 Å². The monoisotopic (exact) mass is 404 g/mol. The summed E-state index contributed by atoms with van der Waals surface area (Å²) < 4.78 is 10.7. The minimum absolute atomic E-state index is 0.303. The van der Waals surface area contributed by atoms with Gasteiger partial charge in [-0.1, -0.05) is 37.3 Å². The maximum absolute atomic E-state index is 13.2. The molecule has 6 nitrogen and oxygen atoms in total. The highest BCUT2D eigenvalue weighted by atomic mass is 16.5. The van der Waals surface area contributed by atoms with Crippen molar-refractivity contribution < 1.29 is 19.1 Å². The molecule has 30 heavy (non-hydrogen) atoms. The van der Waals surface area contributed by atoms with E-state index in [1.165, 1.54) is 7.11 Å². The molecule has 0 radical (unpaired) electrons. The maximum atomic E-state index is 13.2. The van der Waals surface area contributed by atoms with Gasteiger partial charge in [-0.15, -0.1) is 0 Å². The van der Waals surface area contributed by atoms with Crippen LogP contribution in [0.5, 0.6) is 5.75 Å². The summed E-state index contributed by atoms with van der Waals surface area (Å²) in [6.07, 6.45) is 0.786. The van der Waals surface area contributed by atoms with Crippen molar-refractivity contribution >= 4 is 22.7 Å². The number of hydrogen-bond acceptors (Lipinski definition) is 6. The average molecular weight is 404 g/mol. The van der Waals surface area contributed by atoms with E-state index >= 15 is 0 Å². The van der Waals surface area contributed by atoms with Crippen molar-refractivity contribution in [3.8, 4) is 5.75 Å². The summed E-state index contributed by atoms with van der Waals surface area (Å²) in [4.78, 5) is 32.8. The van der Waals surface area contributed by atoms with Gasteiger partial charge in [-0.3, -0.25) is 14.7 Å². The quantitative estimate of drug-likeness (QED) is 0.461. The van der Waals surface area contributed by atoms with Gasteiger partial charge >= 0.3 is 5.97 Å². The van der Waals surface area contributed by atoms with Crippen LogP contribution in [0.15, 0.2) is 48.5 Å². The summed E-state index contributed by atoms with van der Waals surface area (Å²) in [5.74, 6) is -0.335. The smallest absolute Gasteiger partial charge is 0.339 e. The molecule has 2 heterocycles. The first kappa shape index (κ1) is 20.0. The number of benzene rings is 2. The van der Waals surface area contributed by atoms with Crippen LogP contribution >= 0.6 is 0 Å². The van der Waals surface area contributed by atoms with Gasteiger partial charge in [-0.25, -0.2) is 4.79 Å². The molecule has 0 saturated carbocycles. The fourth-order valence-electron chi connectivity index (χ4n) is 3.91. The highest BCUT2D eigenvalue weighted by Crippen LogP contribution is 2.29. The van der Waals surface area contributed by atoms with Crippen LogP contribution in [0.2, 0.25) is 0 Å². The zero-order chi connectivity index (χ0) is 21.1. The Labute approximate surface area is 175 Å². The summed E-state index contributed by atoms with van der Waals surface area (Å²) in [5, 5.41) is 0.754. The molecule has 1 aliphatic rings. The van der Waals surface area contributed by atoms with Crippen molar-refractivity contribution in [3.63, 3.8) is 0 Å². The third-order valence-corrected chi connectivity index (χ3v) is 5.52. The average Bonchev–Trinajstić information content (AvgIpc) is 2.80. The minimum Gasteiger partial charge on any atom is -0.496 e. The number of para-hydroxylation sites is 2. The van der Waals surface area contributed by atoms with Crippen molar-refractivity contribution in [2.75, 3.05) is 26.8 Å². The SMILES string of the molecule is CCN1CCc2nc3ccccc3c(C(=O)OCC(=O)c3ccccc3OC)c2C1. The molecule has 0 spiro atoms. The molecule has 0 bridgehead atoms. The lowest BCUT2D eigenvalue weighted by Gasteiger charge is -2.28. The Balaban J connectivity index is 1.65. The van der Waals surface area contributed by atoms with Crippen LogP contribution in [0.3, 0.4) is 0 Å².